The minimum atomic E-state index is -1.82. The van der Waals surface area contributed by atoms with E-state index in [1.807, 2.05) is 0 Å². The average molecular weight is 432 g/mol. The molecule has 1 aromatic rings. The number of aliphatic carboxylic acids is 2. The number of benzene rings is 1. The largest absolute Gasteiger partial charge is 0.495 e. The molecule has 2 rings (SSSR count). The molecular weight excluding hydrogens is 406 g/mol. The highest BCUT2D eigenvalue weighted by Crippen LogP contribution is 2.27. The summed E-state index contributed by atoms with van der Waals surface area (Å²) in [6.45, 7) is 5.77. The van der Waals surface area contributed by atoms with Crippen LogP contribution in [0.15, 0.2) is 18.2 Å². The number of anilines is 1. The molecule has 1 aliphatic rings. The number of methoxy groups -OCH3 is 1. The second-order valence-electron chi connectivity index (χ2n) is 5.99. The molecule has 1 fully saturated rings. The highest BCUT2D eigenvalue weighted by Gasteiger charge is 2.09. The molecule has 29 heavy (non-hydrogen) atoms. The zero-order valence-corrected chi connectivity index (χ0v) is 16.9. The van der Waals surface area contributed by atoms with Gasteiger partial charge in [-0.3, -0.25) is 9.69 Å². The van der Waals surface area contributed by atoms with Gasteiger partial charge in [0.15, 0.2) is 0 Å². The Morgan fingerprint density at radius 1 is 1.21 bits per heavy atom. The molecular formula is C18H26ClN3O7. The normalized spacial score (nSPS) is 13.7. The van der Waals surface area contributed by atoms with E-state index in [1.54, 1.807) is 25.3 Å². The third-order valence-corrected chi connectivity index (χ3v) is 4.13. The maximum absolute atomic E-state index is 11.9. The first-order chi connectivity index (χ1) is 13.8. The molecule has 0 unspecified atom stereocenters. The van der Waals surface area contributed by atoms with Gasteiger partial charge in [0.2, 0.25) is 5.91 Å². The fourth-order valence-corrected chi connectivity index (χ4v) is 2.66. The van der Waals surface area contributed by atoms with Crippen LogP contribution in [0.1, 0.15) is 6.42 Å². The van der Waals surface area contributed by atoms with Crippen LogP contribution in [0.4, 0.5) is 5.69 Å². The summed E-state index contributed by atoms with van der Waals surface area (Å²) in [4.78, 5) is 32.4. The SMILES string of the molecule is COc1ccc(NC(=O)CNCCCN2CCOCC2)cc1Cl.O=C(O)C(=O)O. The van der Waals surface area contributed by atoms with Gasteiger partial charge in [0.1, 0.15) is 5.75 Å². The van der Waals surface area contributed by atoms with E-state index >= 15 is 0 Å². The predicted octanol–water partition coefficient (Wildman–Crippen LogP) is 0.755. The van der Waals surface area contributed by atoms with Crippen molar-refractivity contribution in [1.82, 2.24) is 10.2 Å². The number of carbonyl (C=O) groups excluding carboxylic acids is 1. The molecule has 0 aliphatic carbocycles. The van der Waals surface area contributed by atoms with Gasteiger partial charge >= 0.3 is 11.9 Å². The Hall–Kier alpha value is -2.40. The topological polar surface area (TPSA) is 137 Å². The van der Waals surface area contributed by atoms with Crippen LogP contribution in [-0.4, -0.2) is 86.0 Å². The van der Waals surface area contributed by atoms with Crippen molar-refractivity contribution < 1.29 is 34.1 Å². The van der Waals surface area contributed by atoms with Crippen LogP contribution in [0, 0.1) is 0 Å². The second kappa shape index (κ2) is 13.7. The lowest BCUT2D eigenvalue weighted by molar-refractivity contribution is -0.159. The van der Waals surface area contributed by atoms with Gasteiger partial charge in [-0.15, -0.1) is 0 Å². The van der Waals surface area contributed by atoms with E-state index in [1.165, 1.54) is 0 Å². The lowest BCUT2D eigenvalue weighted by atomic mass is 10.3. The van der Waals surface area contributed by atoms with E-state index in [0.29, 0.717) is 16.5 Å². The number of ether oxygens (including phenoxy) is 2. The summed E-state index contributed by atoms with van der Waals surface area (Å²) in [5.74, 6) is -3.14. The van der Waals surface area contributed by atoms with E-state index in [2.05, 4.69) is 15.5 Å². The molecule has 11 heteroatoms. The van der Waals surface area contributed by atoms with Crippen LogP contribution in [0.5, 0.6) is 5.75 Å². The number of carboxylic acid groups (broad SMARTS) is 2. The standard InChI is InChI=1S/C16H24ClN3O3.C2H2O4/c1-22-15-4-3-13(11-14(15)17)19-16(21)12-18-5-2-6-20-7-9-23-10-8-20;3-1(4)2(5)6/h3-4,11,18H,2,5-10,12H2,1H3,(H,19,21);(H,3,4)(H,5,6). The van der Waals surface area contributed by atoms with Gasteiger partial charge in [0, 0.05) is 18.8 Å². The van der Waals surface area contributed by atoms with Crippen molar-refractivity contribution in [3.63, 3.8) is 0 Å². The van der Waals surface area contributed by atoms with Gasteiger partial charge in [0.05, 0.1) is 31.9 Å². The van der Waals surface area contributed by atoms with Crippen LogP contribution >= 0.6 is 11.6 Å². The highest BCUT2D eigenvalue weighted by atomic mass is 35.5. The number of hydrogen-bond donors (Lipinski definition) is 4. The molecule has 0 spiro atoms. The molecule has 0 atom stereocenters. The Morgan fingerprint density at radius 3 is 2.41 bits per heavy atom. The third kappa shape index (κ3) is 10.6. The summed E-state index contributed by atoms with van der Waals surface area (Å²) in [6, 6.07) is 5.17. The quantitative estimate of drug-likeness (QED) is 0.347. The molecule has 1 aromatic carbocycles. The lowest BCUT2D eigenvalue weighted by Crippen LogP contribution is -2.38. The molecule has 0 bridgehead atoms. The number of rotatable bonds is 8. The molecule has 10 nitrogen and oxygen atoms in total. The summed E-state index contributed by atoms with van der Waals surface area (Å²) in [7, 11) is 1.56. The van der Waals surface area contributed by atoms with E-state index < -0.39 is 11.9 Å². The van der Waals surface area contributed by atoms with E-state index in [-0.39, 0.29) is 12.5 Å². The van der Waals surface area contributed by atoms with E-state index in [4.69, 9.17) is 40.9 Å². The number of nitrogens with one attached hydrogen (secondary N) is 2. The average Bonchev–Trinajstić information content (AvgIpc) is 2.69. The van der Waals surface area contributed by atoms with Gasteiger partial charge in [-0.1, -0.05) is 11.6 Å². The van der Waals surface area contributed by atoms with Crippen LogP contribution in [-0.2, 0) is 19.1 Å². The van der Waals surface area contributed by atoms with E-state index in [0.717, 1.165) is 45.8 Å². The van der Waals surface area contributed by atoms with Gasteiger partial charge < -0.3 is 30.3 Å². The molecule has 0 radical (unpaired) electrons. The van der Waals surface area contributed by atoms with Crippen LogP contribution in [0.25, 0.3) is 0 Å². The van der Waals surface area contributed by atoms with Crippen LogP contribution < -0.4 is 15.4 Å². The first-order valence-electron chi connectivity index (χ1n) is 8.94. The molecule has 1 saturated heterocycles. The van der Waals surface area contributed by atoms with Crippen molar-refractivity contribution in [2.45, 2.75) is 6.42 Å². The second-order valence-corrected chi connectivity index (χ2v) is 6.40. The fraction of sp³-hybridized carbons (Fsp3) is 0.500. The first kappa shape index (κ1) is 24.6. The van der Waals surface area contributed by atoms with Crippen LogP contribution in [0.3, 0.4) is 0 Å². The Kier molecular flexibility index (Phi) is 11.7. The monoisotopic (exact) mass is 431 g/mol. The van der Waals surface area contributed by atoms with Crippen molar-refractivity contribution in [3.8, 4) is 5.75 Å². The molecule has 162 valence electrons. The first-order valence-corrected chi connectivity index (χ1v) is 9.31. The molecule has 0 saturated carbocycles. The zero-order chi connectivity index (χ0) is 21.6. The van der Waals surface area contributed by atoms with Gasteiger partial charge in [-0.05, 0) is 37.7 Å². The Bertz CT molecular complexity index is 669. The Labute approximate surface area is 173 Å². The summed E-state index contributed by atoms with van der Waals surface area (Å²) in [5.41, 5.74) is 0.663. The third-order valence-electron chi connectivity index (χ3n) is 3.84. The van der Waals surface area contributed by atoms with Crippen molar-refractivity contribution in [2.75, 3.05) is 58.4 Å². The number of morpholine rings is 1. The van der Waals surface area contributed by atoms with E-state index in [9.17, 15) is 4.79 Å². The molecule has 0 aromatic heterocycles. The Morgan fingerprint density at radius 2 is 1.86 bits per heavy atom. The van der Waals surface area contributed by atoms with Crippen molar-refractivity contribution in [2.24, 2.45) is 0 Å². The summed E-state index contributed by atoms with van der Waals surface area (Å²) < 4.78 is 10.4. The van der Waals surface area contributed by atoms with Crippen molar-refractivity contribution >= 4 is 35.1 Å². The number of amides is 1. The number of carboxylic acids is 2. The maximum atomic E-state index is 11.9. The number of nitrogens with zero attached hydrogens (tertiary/aromatic N) is 1. The van der Waals surface area contributed by atoms with Gasteiger partial charge in [-0.25, -0.2) is 9.59 Å². The summed E-state index contributed by atoms with van der Waals surface area (Å²) >= 11 is 6.03. The Balaban J connectivity index is 0.000000612. The minimum absolute atomic E-state index is 0.0855. The summed E-state index contributed by atoms with van der Waals surface area (Å²) in [6.07, 6.45) is 1.02. The number of halogens is 1. The number of carbonyl (C=O) groups is 3. The molecule has 1 aliphatic heterocycles. The van der Waals surface area contributed by atoms with Crippen molar-refractivity contribution in [3.05, 3.63) is 23.2 Å². The van der Waals surface area contributed by atoms with Gasteiger partial charge in [0.25, 0.3) is 0 Å². The van der Waals surface area contributed by atoms with Crippen LogP contribution in [0.2, 0.25) is 5.02 Å². The molecule has 1 heterocycles. The highest BCUT2D eigenvalue weighted by molar-refractivity contribution is 6.32. The predicted molar refractivity (Wildman–Crippen MR) is 107 cm³/mol. The fourth-order valence-electron chi connectivity index (χ4n) is 2.40. The minimum Gasteiger partial charge on any atom is -0.495 e. The van der Waals surface area contributed by atoms with Crippen molar-refractivity contribution in [1.29, 1.82) is 0 Å². The summed E-state index contributed by atoms with van der Waals surface area (Å²) in [5, 5.41) is 21.2. The molecule has 1 amide bonds. The van der Waals surface area contributed by atoms with Gasteiger partial charge in [-0.2, -0.15) is 0 Å². The zero-order valence-electron chi connectivity index (χ0n) is 16.1. The maximum Gasteiger partial charge on any atom is 0.414 e. The number of hydrogen-bond acceptors (Lipinski definition) is 7. The molecule has 4 N–H and O–H groups in total. The lowest BCUT2D eigenvalue weighted by Gasteiger charge is -2.26. The smallest absolute Gasteiger partial charge is 0.414 e.